The van der Waals surface area contributed by atoms with Gasteiger partial charge in [0.05, 0.1) is 25.3 Å². The van der Waals surface area contributed by atoms with Crippen molar-refractivity contribution in [3.63, 3.8) is 0 Å². The maximum absolute atomic E-state index is 13.1. The van der Waals surface area contributed by atoms with E-state index in [2.05, 4.69) is 24.8 Å². The Morgan fingerprint density at radius 2 is 1.80 bits per heavy atom. The van der Waals surface area contributed by atoms with Gasteiger partial charge in [-0.1, -0.05) is 5.16 Å². The van der Waals surface area contributed by atoms with Crippen LogP contribution in [0.15, 0.2) is 4.52 Å². The van der Waals surface area contributed by atoms with Crippen molar-refractivity contribution in [2.75, 3.05) is 37.7 Å². The molecule has 1 aromatic heterocycles. The summed E-state index contributed by atoms with van der Waals surface area (Å²) in [5, 5.41) is 3.99. The lowest BCUT2D eigenvalue weighted by Gasteiger charge is -2.59. The third-order valence-electron chi connectivity index (χ3n) is 9.18. The van der Waals surface area contributed by atoms with Crippen LogP contribution in [-0.2, 0) is 9.53 Å². The fourth-order valence-electron chi connectivity index (χ4n) is 7.28. The molecular formula is C22H31N5O3. The van der Waals surface area contributed by atoms with Gasteiger partial charge in [-0.05, 0) is 57.3 Å². The second-order valence-electron chi connectivity index (χ2n) is 10.6. The number of rotatable bonds is 3. The third-order valence-corrected chi connectivity index (χ3v) is 9.18. The molecule has 0 N–H and O–H groups in total. The monoisotopic (exact) mass is 413 g/mol. The maximum Gasteiger partial charge on any atom is 0.324 e. The fraction of sp³-hybridized carbons (Fsp3) is 0.864. The third kappa shape index (κ3) is 2.43. The Bertz CT molecular complexity index is 837. The predicted molar refractivity (Wildman–Crippen MR) is 108 cm³/mol. The van der Waals surface area contributed by atoms with Crippen molar-refractivity contribution in [1.29, 1.82) is 0 Å². The highest BCUT2D eigenvalue weighted by Gasteiger charge is 2.64. The topological polar surface area (TPSA) is 74.9 Å². The highest BCUT2D eigenvalue weighted by atomic mass is 16.5. The van der Waals surface area contributed by atoms with E-state index in [0.29, 0.717) is 59.2 Å². The number of carbonyl (C=O) groups is 1. The summed E-state index contributed by atoms with van der Waals surface area (Å²) in [6, 6.07) is 1.83. The van der Waals surface area contributed by atoms with E-state index in [1.807, 2.05) is 6.92 Å². The summed E-state index contributed by atoms with van der Waals surface area (Å²) < 4.78 is 11.4. The van der Waals surface area contributed by atoms with Crippen molar-refractivity contribution in [2.24, 2.45) is 17.8 Å². The molecule has 1 spiro atoms. The van der Waals surface area contributed by atoms with Crippen molar-refractivity contribution in [2.45, 2.75) is 69.1 Å². The number of piperidine rings is 2. The predicted octanol–water partition coefficient (Wildman–Crippen LogP) is 1.45. The second kappa shape index (κ2) is 6.19. The van der Waals surface area contributed by atoms with Gasteiger partial charge in [-0.15, -0.1) is 0 Å². The van der Waals surface area contributed by atoms with Crippen LogP contribution in [0.25, 0.3) is 0 Å². The zero-order chi connectivity index (χ0) is 20.0. The van der Waals surface area contributed by atoms with Crippen LogP contribution >= 0.6 is 0 Å². The number of hydrogen-bond donors (Lipinski definition) is 0. The molecule has 30 heavy (non-hydrogen) atoms. The minimum atomic E-state index is 0.297. The summed E-state index contributed by atoms with van der Waals surface area (Å²) in [6.45, 7) is 6.54. The van der Waals surface area contributed by atoms with Crippen molar-refractivity contribution in [1.82, 2.24) is 19.9 Å². The number of nitrogens with zero attached hydrogens (tertiary/aromatic N) is 5. The van der Waals surface area contributed by atoms with Gasteiger partial charge in [0, 0.05) is 37.1 Å². The molecule has 6 aliphatic rings. The van der Waals surface area contributed by atoms with Gasteiger partial charge in [0.1, 0.15) is 0 Å². The van der Waals surface area contributed by atoms with Crippen LogP contribution in [0, 0.1) is 24.7 Å². The molecule has 8 heteroatoms. The summed E-state index contributed by atoms with van der Waals surface area (Å²) in [7, 11) is 0. The Balaban J connectivity index is 0.998. The number of amides is 1. The van der Waals surface area contributed by atoms with Crippen molar-refractivity contribution < 1.29 is 14.1 Å². The molecule has 2 bridgehead atoms. The molecule has 162 valence electrons. The first-order chi connectivity index (χ1) is 14.6. The van der Waals surface area contributed by atoms with Crippen LogP contribution in [0.4, 0.5) is 6.01 Å². The van der Waals surface area contributed by atoms with Crippen LogP contribution in [0.3, 0.4) is 0 Å². The minimum Gasteiger partial charge on any atom is -0.377 e. The lowest BCUT2D eigenvalue weighted by molar-refractivity contribution is -0.158. The number of aryl methyl sites for hydroxylation is 1. The molecule has 4 saturated heterocycles. The highest BCUT2D eigenvalue weighted by molar-refractivity contribution is 5.84. The van der Waals surface area contributed by atoms with E-state index in [1.165, 1.54) is 25.7 Å². The molecule has 2 aliphatic carbocycles. The molecule has 0 radical (unpaired) electrons. The summed E-state index contributed by atoms with van der Waals surface area (Å²) in [5.74, 6) is 2.70. The average molecular weight is 414 g/mol. The van der Waals surface area contributed by atoms with Crippen LogP contribution in [0.2, 0.25) is 0 Å². The van der Waals surface area contributed by atoms with E-state index < -0.39 is 0 Å². The molecule has 1 aromatic rings. The van der Waals surface area contributed by atoms with E-state index in [1.54, 1.807) is 0 Å². The summed E-state index contributed by atoms with van der Waals surface area (Å²) in [6.07, 6.45) is 7.20. The van der Waals surface area contributed by atoms with E-state index in [4.69, 9.17) is 9.26 Å². The molecule has 2 saturated carbocycles. The van der Waals surface area contributed by atoms with Crippen molar-refractivity contribution >= 4 is 11.9 Å². The lowest BCUT2D eigenvalue weighted by atomic mass is 9.67. The first-order valence-electron chi connectivity index (χ1n) is 11.8. The number of hydrogen-bond acceptors (Lipinski definition) is 7. The maximum atomic E-state index is 13.1. The van der Waals surface area contributed by atoms with E-state index in [-0.39, 0.29) is 0 Å². The zero-order valence-electron chi connectivity index (χ0n) is 17.7. The molecule has 0 aromatic carbocycles. The minimum absolute atomic E-state index is 0.297. The first-order valence-corrected chi connectivity index (χ1v) is 11.8. The molecule has 6 fully saturated rings. The molecule has 5 heterocycles. The fourth-order valence-corrected chi connectivity index (χ4v) is 7.28. The molecule has 7 rings (SSSR count). The van der Waals surface area contributed by atoms with Crippen molar-refractivity contribution in [3.8, 4) is 0 Å². The van der Waals surface area contributed by atoms with E-state index >= 15 is 0 Å². The number of morpholine rings is 1. The molecular weight excluding hydrogens is 382 g/mol. The van der Waals surface area contributed by atoms with Crippen molar-refractivity contribution in [3.05, 3.63) is 5.82 Å². The zero-order valence-corrected chi connectivity index (χ0v) is 17.7. The summed E-state index contributed by atoms with van der Waals surface area (Å²) in [4.78, 5) is 24.8. The molecule has 4 aliphatic heterocycles. The van der Waals surface area contributed by atoms with Crippen LogP contribution in [0.5, 0.6) is 0 Å². The first kappa shape index (κ1) is 18.0. The number of carbonyl (C=O) groups excluding carboxylic acids is 1. The summed E-state index contributed by atoms with van der Waals surface area (Å²) in [5.41, 5.74) is 0.297. The van der Waals surface area contributed by atoms with Gasteiger partial charge in [-0.2, -0.15) is 4.98 Å². The van der Waals surface area contributed by atoms with Gasteiger partial charge in [0.25, 0.3) is 0 Å². The van der Waals surface area contributed by atoms with E-state index in [9.17, 15) is 4.79 Å². The van der Waals surface area contributed by atoms with Crippen LogP contribution in [0.1, 0.15) is 44.3 Å². The lowest BCUT2D eigenvalue weighted by Crippen LogP contribution is -2.66. The van der Waals surface area contributed by atoms with E-state index in [0.717, 1.165) is 45.7 Å². The number of aromatic nitrogens is 2. The number of anilines is 1. The molecule has 8 nitrogen and oxygen atoms in total. The second-order valence-corrected chi connectivity index (χ2v) is 10.6. The van der Waals surface area contributed by atoms with Crippen LogP contribution < -0.4 is 4.90 Å². The quantitative estimate of drug-likeness (QED) is 0.742. The highest BCUT2D eigenvalue weighted by Crippen LogP contribution is 2.57. The average Bonchev–Trinajstić information content (AvgIpc) is 2.98. The molecule has 4 atom stereocenters. The Labute approximate surface area is 176 Å². The van der Waals surface area contributed by atoms with Crippen LogP contribution in [-0.4, -0.2) is 82.4 Å². The standard InChI is InChI=1S/C22H31N5O3/c1-13-23-21(30-24-13)27-15-7-14(8-16(27)12-29-11-15)25-9-17-18(10-25)19(17)20(28)26-6-5-22(26)3-2-4-22/h14-19H,2-12H2,1H3. The number of likely N-dealkylation sites (tertiary alicyclic amines) is 2. The Kier molecular flexibility index (Phi) is 3.70. The van der Waals surface area contributed by atoms with Gasteiger partial charge in [0.15, 0.2) is 5.82 Å². The largest absolute Gasteiger partial charge is 0.377 e. The SMILES string of the molecule is Cc1noc(N2C3COCC2CC(N2CC4C(C2)C4C(=O)N2CCC24CCC4)C3)n1. The normalized spacial score (nSPS) is 41.4. The van der Waals surface area contributed by atoms with Gasteiger partial charge < -0.3 is 19.1 Å². The van der Waals surface area contributed by atoms with Gasteiger partial charge in [0.2, 0.25) is 5.91 Å². The number of fused-ring (bicyclic) bond motifs is 3. The van der Waals surface area contributed by atoms with Gasteiger partial charge >= 0.3 is 6.01 Å². The Hall–Kier alpha value is -1.67. The van der Waals surface area contributed by atoms with Gasteiger partial charge in [-0.3, -0.25) is 9.69 Å². The Morgan fingerprint density at radius 3 is 2.33 bits per heavy atom. The number of ether oxygens (including phenoxy) is 1. The summed E-state index contributed by atoms with van der Waals surface area (Å²) >= 11 is 0. The Morgan fingerprint density at radius 1 is 1.07 bits per heavy atom. The smallest absolute Gasteiger partial charge is 0.324 e. The van der Waals surface area contributed by atoms with Gasteiger partial charge in [-0.25, -0.2) is 0 Å². The molecule has 1 amide bonds. The molecule has 4 unspecified atom stereocenters.